The Morgan fingerprint density at radius 2 is 1.63 bits per heavy atom. The number of carbonyl (C=O) groups excluding carboxylic acids is 2. The van der Waals surface area contributed by atoms with Crippen molar-refractivity contribution in [2.45, 2.75) is 6.92 Å². The van der Waals surface area contributed by atoms with E-state index in [1.165, 1.54) is 6.33 Å². The number of hydrogen-bond donors (Lipinski definition) is 3. The maximum absolute atomic E-state index is 12.2. The number of aryl methyl sites for hydroxylation is 1. The highest BCUT2D eigenvalue weighted by molar-refractivity contribution is 6.08. The molecule has 0 atom stereocenters. The van der Waals surface area contributed by atoms with Gasteiger partial charge in [0.15, 0.2) is 0 Å². The zero-order valence-electron chi connectivity index (χ0n) is 16.2. The van der Waals surface area contributed by atoms with Crippen molar-refractivity contribution in [2.75, 3.05) is 10.6 Å². The van der Waals surface area contributed by atoms with E-state index in [9.17, 15) is 9.59 Å². The van der Waals surface area contributed by atoms with Crippen molar-refractivity contribution in [2.24, 2.45) is 0 Å². The van der Waals surface area contributed by atoms with Crippen LogP contribution in [0.3, 0.4) is 0 Å². The molecule has 1 heterocycles. The van der Waals surface area contributed by atoms with Crippen LogP contribution in [0.4, 0.5) is 22.0 Å². The summed E-state index contributed by atoms with van der Waals surface area (Å²) in [5.41, 5.74) is 3.64. The quantitative estimate of drug-likeness (QED) is 0.466. The van der Waals surface area contributed by atoms with Gasteiger partial charge in [-0.1, -0.05) is 36.4 Å². The van der Waals surface area contributed by atoms with Gasteiger partial charge in [-0.05, 0) is 48.9 Å². The van der Waals surface area contributed by atoms with Crippen molar-refractivity contribution in [3.8, 4) is 0 Å². The number of fused-ring (bicyclic) bond motifs is 1. The van der Waals surface area contributed by atoms with Gasteiger partial charge < -0.3 is 10.6 Å². The number of para-hydroxylation sites is 1. The van der Waals surface area contributed by atoms with Crippen molar-refractivity contribution in [3.63, 3.8) is 0 Å². The molecule has 0 aliphatic heterocycles. The van der Waals surface area contributed by atoms with Gasteiger partial charge in [-0.3, -0.25) is 10.1 Å². The maximum atomic E-state index is 12.2. The minimum atomic E-state index is -0.615. The first-order valence-electron chi connectivity index (χ1n) is 9.35. The SMILES string of the molecule is Cc1ccccc1Nc1ncnc2cc(NC(=O)NC(=O)c3ccccc3)ccc12. The Morgan fingerprint density at radius 1 is 0.867 bits per heavy atom. The van der Waals surface area contributed by atoms with Crippen molar-refractivity contribution in [1.29, 1.82) is 0 Å². The molecule has 3 amide bonds. The van der Waals surface area contributed by atoms with Crippen LogP contribution in [-0.4, -0.2) is 21.9 Å². The summed E-state index contributed by atoms with van der Waals surface area (Å²) in [6.45, 7) is 2.02. The molecule has 3 aromatic carbocycles. The molecule has 4 aromatic rings. The molecule has 0 aliphatic carbocycles. The third kappa shape index (κ3) is 4.25. The molecule has 0 spiro atoms. The van der Waals surface area contributed by atoms with Gasteiger partial charge in [0.05, 0.1) is 5.52 Å². The average molecular weight is 397 g/mol. The highest BCUT2D eigenvalue weighted by Gasteiger charge is 2.11. The molecule has 0 aliphatic rings. The lowest BCUT2D eigenvalue weighted by molar-refractivity contribution is 0.0967. The van der Waals surface area contributed by atoms with Gasteiger partial charge in [0.25, 0.3) is 5.91 Å². The summed E-state index contributed by atoms with van der Waals surface area (Å²) in [4.78, 5) is 32.9. The molecule has 0 radical (unpaired) electrons. The van der Waals surface area contributed by atoms with Crippen LogP contribution in [0.25, 0.3) is 10.9 Å². The van der Waals surface area contributed by atoms with Gasteiger partial charge >= 0.3 is 6.03 Å². The fourth-order valence-electron chi connectivity index (χ4n) is 3.00. The van der Waals surface area contributed by atoms with E-state index in [2.05, 4.69) is 25.9 Å². The smallest absolute Gasteiger partial charge is 0.326 e. The van der Waals surface area contributed by atoms with Crippen LogP contribution in [0.15, 0.2) is 79.1 Å². The van der Waals surface area contributed by atoms with E-state index in [0.717, 1.165) is 16.6 Å². The van der Waals surface area contributed by atoms with Crippen LogP contribution >= 0.6 is 0 Å². The maximum Gasteiger partial charge on any atom is 0.326 e. The largest absolute Gasteiger partial charge is 0.339 e. The highest BCUT2D eigenvalue weighted by Crippen LogP contribution is 2.26. The Kier molecular flexibility index (Phi) is 5.34. The summed E-state index contributed by atoms with van der Waals surface area (Å²) in [5.74, 6) is 0.200. The topological polar surface area (TPSA) is 96.0 Å². The summed E-state index contributed by atoms with van der Waals surface area (Å²) < 4.78 is 0. The summed E-state index contributed by atoms with van der Waals surface area (Å²) in [6.07, 6.45) is 1.46. The van der Waals surface area contributed by atoms with E-state index < -0.39 is 11.9 Å². The first-order chi connectivity index (χ1) is 14.6. The Hall–Kier alpha value is -4.26. The first kappa shape index (κ1) is 19.1. The Morgan fingerprint density at radius 3 is 2.43 bits per heavy atom. The van der Waals surface area contributed by atoms with E-state index in [0.29, 0.717) is 22.6 Å². The van der Waals surface area contributed by atoms with E-state index in [1.54, 1.807) is 42.5 Å². The molecule has 7 nitrogen and oxygen atoms in total. The number of imide groups is 1. The normalized spacial score (nSPS) is 10.4. The molecule has 30 heavy (non-hydrogen) atoms. The molecule has 0 bridgehead atoms. The second-order valence-corrected chi connectivity index (χ2v) is 6.67. The molecular weight excluding hydrogens is 378 g/mol. The molecule has 0 fully saturated rings. The van der Waals surface area contributed by atoms with Gasteiger partial charge in [0.1, 0.15) is 12.1 Å². The number of hydrogen-bond acceptors (Lipinski definition) is 5. The van der Waals surface area contributed by atoms with Crippen LogP contribution < -0.4 is 16.0 Å². The number of amides is 3. The summed E-state index contributed by atoms with van der Waals surface area (Å²) in [5, 5.41) is 9.11. The number of carbonyl (C=O) groups is 2. The average Bonchev–Trinajstić information content (AvgIpc) is 2.76. The van der Waals surface area contributed by atoms with Gasteiger partial charge in [0.2, 0.25) is 0 Å². The van der Waals surface area contributed by atoms with E-state index >= 15 is 0 Å². The zero-order valence-corrected chi connectivity index (χ0v) is 16.2. The van der Waals surface area contributed by atoms with Crippen LogP contribution in [0.5, 0.6) is 0 Å². The number of urea groups is 1. The van der Waals surface area contributed by atoms with E-state index in [1.807, 2.05) is 37.3 Å². The Bertz CT molecular complexity index is 1220. The van der Waals surface area contributed by atoms with Gasteiger partial charge in [-0.15, -0.1) is 0 Å². The predicted molar refractivity (Wildman–Crippen MR) is 117 cm³/mol. The molecule has 7 heteroatoms. The standard InChI is InChI=1S/C23H19N5O2/c1-15-7-5-6-10-19(15)27-21-18-12-11-17(13-20(18)24-14-25-21)26-23(30)28-22(29)16-8-3-2-4-9-16/h2-14H,1H3,(H,24,25,27)(H2,26,28,29,30). The molecule has 0 saturated carbocycles. The van der Waals surface area contributed by atoms with Gasteiger partial charge in [-0.25, -0.2) is 14.8 Å². The van der Waals surface area contributed by atoms with Crippen molar-refractivity contribution >= 4 is 40.0 Å². The molecule has 3 N–H and O–H groups in total. The minimum absolute atomic E-state index is 0.408. The summed E-state index contributed by atoms with van der Waals surface area (Å²) in [7, 11) is 0. The van der Waals surface area contributed by atoms with Crippen LogP contribution in [0.1, 0.15) is 15.9 Å². The van der Waals surface area contributed by atoms with E-state index in [4.69, 9.17) is 0 Å². The minimum Gasteiger partial charge on any atom is -0.339 e. The highest BCUT2D eigenvalue weighted by atomic mass is 16.2. The van der Waals surface area contributed by atoms with E-state index in [-0.39, 0.29) is 0 Å². The number of aromatic nitrogens is 2. The van der Waals surface area contributed by atoms with Crippen molar-refractivity contribution in [1.82, 2.24) is 15.3 Å². The molecule has 1 aromatic heterocycles. The molecular formula is C23H19N5O2. The second-order valence-electron chi connectivity index (χ2n) is 6.67. The number of rotatable bonds is 4. The van der Waals surface area contributed by atoms with Gasteiger partial charge in [-0.2, -0.15) is 0 Å². The van der Waals surface area contributed by atoms with Crippen LogP contribution in [0, 0.1) is 6.92 Å². The van der Waals surface area contributed by atoms with Crippen molar-refractivity contribution < 1.29 is 9.59 Å². The molecule has 4 rings (SSSR count). The van der Waals surface area contributed by atoms with Gasteiger partial charge in [0, 0.05) is 22.3 Å². The summed E-state index contributed by atoms with van der Waals surface area (Å²) >= 11 is 0. The lowest BCUT2D eigenvalue weighted by atomic mass is 10.1. The summed E-state index contributed by atoms with van der Waals surface area (Å²) in [6, 6.07) is 21.1. The van der Waals surface area contributed by atoms with Crippen LogP contribution in [0.2, 0.25) is 0 Å². The molecule has 0 saturated heterocycles. The lowest BCUT2D eigenvalue weighted by Crippen LogP contribution is -2.34. The number of anilines is 3. The van der Waals surface area contributed by atoms with Crippen molar-refractivity contribution in [3.05, 3.63) is 90.3 Å². The Labute approximate surface area is 173 Å². The predicted octanol–water partition coefficient (Wildman–Crippen LogP) is 4.64. The Balaban J connectivity index is 1.50. The zero-order chi connectivity index (χ0) is 20.9. The lowest BCUT2D eigenvalue weighted by Gasteiger charge is -2.12. The fourth-order valence-corrected chi connectivity index (χ4v) is 3.00. The monoisotopic (exact) mass is 397 g/mol. The fraction of sp³-hybridized carbons (Fsp3) is 0.0435. The first-order valence-corrected chi connectivity index (χ1v) is 9.35. The number of benzene rings is 3. The van der Waals surface area contributed by atoms with Crippen LogP contribution in [-0.2, 0) is 0 Å². The third-order valence-electron chi connectivity index (χ3n) is 4.56. The third-order valence-corrected chi connectivity index (χ3v) is 4.56. The molecule has 0 unspecified atom stereocenters. The number of nitrogens with one attached hydrogen (secondary N) is 3. The molecule has 148 valence electrons. The second kappa shape index (κ2) is 8.40. The number of nitrogens with zero attached hydrogens (tertiary/aromatic N) is 2.